The molecule has 0 radical (unpaired) electrons. The monoisotopic (exact) mass is 549 g/mol. The molecule has 0 fully saturated rings. The van der Waals surface area contributed by atoms with Crippen molar-refractivity contribution in [3.05, 3.63) is 168 Å². The molecular formula is C36H27N3O3. The number of anilines is 1. The standard InChI is InChI=1S/C36H27N3O3/c40-34(22-15-27-8-7-23-37-25-27)30-18-20-32(21-19-30)38-36(42)33(39-35(41)31-11-5-2-6-12-31)24-26-13-16-29(17-14-26)28-9-3-1-4-10-28/h1-25H,(H,38,42)(H,39,41)/b22-15+,33-24-. The topological polar surface area (TPSA) is 88.2 Å². The Morgan fingerprint density at radius 3 is 1.95 bits per heavy atom. The Kier molecular flexibility index (Phi) is 8.87. The van der Waals surface area contributed by atoms with Gasteiger partial charge in [0.15, 0.2) is 5.78 Å². The van der Waals surface area contributed by atoms with Crippen LogP contribution in [0.4, 0.5) is 5.69 Å². The molecule has 0 atom stereocenters. The number of hydrogen-bond acceptors (Lipinski definition) is 4. The third kappa shape index (κ3) is 7.40. The van der Waals surface area contributed by atoms with Gasteiger partial charge in [-0.1, -0.05) is 78.9 Å². The second-order valence-corrected chi connectivity index (χ2v) is 9.38. The number of allylic oxidation sites excluding steroid dienone is 1. The fourth-order valence-electron chi connectivity index (χ4n) is 4.17. The molecule has 204 valence electrons. The van der Waals surface area contributed by atoms with Gasteiger partial charge in [0.25, 0.3) is 11.8 Å². The van der Waals surface area contributed by atoms with Crippen molar-refractivity contribution >= 4 is 35.4 Å². The zero-order valence-corrected chi connectivity index (χ0v) is 22.6. The minimum atomic E-state index is -0.498. The summed E-state index contributed by atoms with van der Waals surface area (Å²) in [4.78, 5) is 42.9. The molecular weight excluding hydrogens is 522 g/mol. The molecule has 42 heavy (non-hydrogen) atoms. The highest BCUT2D eigenvalue weighted by Gasteiger charge is 2.15. The molecule has 0 aliphatic carbocycles. The number of aromatic nitrogens is 1. The number of hydrogen-bond donors (Lipinski definition) is 2. The molecule has 0 spiro atoms. The molecule has 6 nitrogen and oxygen atoms in total. The van der Waals surface area contributed by atoms with E-state index in [4.69, 9.17) is 0 Å². The highest BCUT2D eigenvalue weighted by atomic mass is 16.2. The van der Waals surface area contributed by atoms with Crippen molar-refractivity contribution in [2.45, 2.75) is 0 Å². The lowest BCUT2D eigenvalue weighted by molar-refractivity contribution is -0.113. The normalized spacial score (nSPS) is 11.2. The van der Waals surface area contributed by atoms with E-state index in [1.54, 1.807) is 79.1 Å². The fraction of sp³-hybridized carbons (Fsp3) is 0. The third-order valence-electron chi connectivity index (χ3n) is 6.40. The molecule has 0 aliphatic heterocycles. The quantitative estimate of drug-likeness (QED) is 0.152. The maximum atomic E-state index is 13.4. The van der Waals surface area contributed by atoms with Crippen molar-refractivity contribution < 1.29 is 14.4 Å². The van der Waals surface area contributed by atoms with Crippen molar-refractivity contribution in [1.29, 1.82) is 0 Å². The number of amides is 2. The lowest BCUT2D eigenvalue weighted by atomic mass is 10.0. The predicted octanol–water partition coefficient (Wildman–Crippen LogP) is 7.05. The van der Waals surface area contributed by atoms with E-state index in [0.717, 1.165) is 22.3 Å². The predicted molar refractivity (Wildman–Crippen MR) is 166 cm³/mol. The van der Waals surface area contributed by atoms with Gasteiger partial charge in [-0.2, -0.15) is 0 Å². The molecule has 5 aromatic rings. The molecule has 0 aliphatic rings. The van der Waals surface area contributed by atoms with Crippen LogP contribution in [0.1, 0.15) is 31.8 Å². The third-order valence-corrected chi connectivity index (χ3v) is 6.40. The number of nitrogens with zero attached hydrogens (tertiary/aromatic N) is 1. The SMILES string of the molecule is O=C(Nc1ccc(C(=O)/C=C/c2cccnc2)cc1)/C(=C/c1ccc(-c2ccccc2)cc1)NC(=O)c1ccccc1. The van der Waals surface area contributed by atoms with Crippen LogP contribution in [0.25, 0.3) is 23.3 Å². The van der Waals surface area contributed by atoms with Gasteiger partial charge >= 0.3 is 0 Å². The van der Waals surface area contributed by atoms with Gasteiger partial charge in [0, 0.05) is 29.2 Å². The Labute approximate surface area is 244 Å². The largest absolute Gasteiger partial charge is 0.321 e. The van der Waals surface area contributed by atoms with Crippen LogP contribution in [0, 0.1) is 0 Å². The summed E-state index contributed by atoms with van der Waals surface area (Å²) in [5.41, 5.74) is 5.14. The Morgan fingerprint density at radius 1 is 0.619 bits per heavy atom. The molecule has 0 bridgehead atoms. The molecule has 5 rings (SSSR count). The minimum Gasteiger partial charge on any atom is -0.321 e. The number of carbonyl (C=O) groups excluding carboxylic acids is 3. The summed E-state index contributed by atoms with van der Waals surface area (Å²) in [6, 6.07) is 36.6. The van der Waals surface area contributed by atoms with E-state index < -0.39 is 11.8 Å². The van der Waals surface area contributed by atoms with Gasteiger partial charge in [0.05, 0.1) is 0 Å². The highest BCUT2D eigenvalue weighted by Crippen LogP contribution is 2.21. The van der Waals surface area contributed by atoms with Gasteiger partial charge in [0.2, 0.25) is 0 Å². The van der Waals surface area contributed by atoms with Crippen LogP contribution in [-0.2, 0) is 4.79 Å². The van der Waals surface area contributed by atoms with Crippen molar-refractivity contribution in [3.63, 3.8) is 0 Å². The summed E-state index contributed by atoms with van der Waals surface area (Å²) >= 11 is 0. The van der Waals surface area contributed by atoms with Gasteiger partial charge in [-0.15, -0.1) is 0 Å². The summed E-state index contributed by atoms with van der Waals surface area (Å²) in [5.74, 6) is -1.08. The number of rotatable bonds is 9. The highest BCUT2D eigenvalue weighted by molar-refractivity contribution is 6.11. The first-order chi connectivity index (χ1) is 20.5. The number of nitrogens with one attached hydrogen (secondary N) is 2. The summed E-state index contributed by atoms with van der Waals surface area (Å²) < 4.78 is 0. The summed E-state index contributed by atoms with van der Waals surface area (Å²) in [7, 11) is 0. The van der Waals surface area contributed by atoms with Gasteiger partial charge in [-0.25, -0.2) is 0 Å². The first kappa shape index (κ1) is 27.7. The van der Waals surface area contributed by atoms with Gasteiger partial charge in [-0.05, 0) is 82.9 Å². The van der Waals surface area contributed by atoms with E-state index in [2.05, 4.69) is 15.6 Å². The summed E-state index contributed by atoms with van der Waals surface area (Å²) in [6.45, 7) is 0. The van der Waals surface area contributed by atoms with E-state index in [1.165, 1.54) is 6.08 Å². The number of carbonyl (C=O) groups is 3. The smallest absolute Gasteiger partial charge is 0.272 e. The molecule has 4 aromatic carbocycles. The lowest BCUT2D eigenvalue weighted by Crippen LogP contribution is -2.30. The van der Waals surface area contributed by atoms with Gasteiger partial charge in [-0.3, -0.25) is 19.4 Å². The van der Waals surface area contributed by atoms with Gasteiger partial charge < -0.3 is 10.6 Å². The molecule has 2 N–H and O–H groups in total. The van der Waals surface area contributed by atoms with Crippen molar-refractivity contribution in [3.8, 4) is 11.1 Å². The molecule has 2 amide bonds. The molecule has 1 aromatic heterocycles. The molecule has 0 saturated carbocycles. The Hall–Kier alpha value is -5.88. The maximum absolute atomic E-state index is 13.4. The Balaban J connectivity index is 1.33. The van der Waals surface area contributed by atoms with Crippen LogP contribution in [0.2, 0.25) is 0 Å². The van der Waals surface area contributed by atoms with E-state index in [0.29, 0.717) is 16.8 Å². The zero-order chi connectivity index (χ0) is 29.1. The van der Waals surface area contributed by atoms with Crippen LogP contribution in [0.15, 0.2) is 145 Å². The van der Waals surface area contributed by atoms with E-state index in [9.17, 15) is 14.4 Å². The van der Waals surface area contributed by atoms with Gasteiger partial charge in [0.1, 0.15) is 5.70 Å². The fourth-order valence-corrected chi connectivity index (χ4v) is 4.17. The molecule has 0 saturated heterocycles. The zero-order valence-electron chi connectivity index (χ0n) is 22.6. The Bertz CT molecular complexity index is 1730. The number of benzene rings is 4. The van der Waals surface area contributed by atoms with Crippen molar-refractivity contribution in [1.82, 2.24) is 10.3 Å². The number of pyridine rings is 1. The van der Waals surface area contributed by atoms with Crippen molar-refractivity contribution in [2.75, 3.05) is 5.32 Å². The van der Waals surface area contributed by atoms with Crippen LogP contribution in [0.3, 0.4) is 0 Å². The van der Waals surface area contributed by atoms with E-state index >= 15 is 0 Å². The summed E-state index contributed by atoms with van der Waals surface area (Å²) in [6.07, 6.45) is 8.15. The van der Waals surface area contributed by atoms with Crippen molar-refractivity contribution in [2.24, 2.45) is 0 Å². The van der Waals surface area contributed by atoms with E-state index in [1.807, 2.05) is 66.7 Å². The van der Waals surface area contributed by atoms with Crippen LogP contribution in [0.5, 0.6) is 0 Å². The van der Waals surface area contributed by atoms with E-state index in [-0.39, 0.29) is 11.5 Å². The van der Waals surface area contributed by atoms with Crippen LogP contribution in [-0.4, -0.2) is 22.6 Å². The lowest BCUT2D eigenvalue weighted by Gasteiger charge is -2.12. The Morgan fingerprint density at radius 2 is 1.29 bits per heavy atom. The second kappa shape index (κ2) is 13.5. The molecule has 0 unspecified atom stereocenters. The molecule has 6 heteroatoms. The summed E-state index contributed by atoms with van der Waals surface area (Å²) in [5, 5.41) is 5.57. The average Bonchev–Trinajstić information content (AvgIpc) is 3.05. The second-order valence-electron chi connectivity index (χ2n) is 9.38. The first-order valence-electron chi connectivity index (χ1n) is 13.3. The number of ketones is 1. The maximum Gasteiger partial charge on any atom is 0.272 e. The van der Waals surface area contributed by atoms with Crippen LogP contribution >= 0.6 is 0 Å². The van der Waals surface area contributed by atoms with Crippen LogP contribution < -0.4 is 10.6 Å². The first-order valence-corrected chi connectivity index (χ1v) is 13.3. The molecule has 1 heterocycles. The average molecular weight is 550 g/mol. The minimum absolute atomic E-state index is 0.0795.